The van der Waals surface area contributed by atoms with Crippen molar-refractivity contribution in [1.29, 1.82) is 0 Å². The lowest BCUT2D eigenvalue weighted by Crippen LogP contribution is -2.35. The molecule has 1 aliphatic heterocycles. The number of amides is 1. The molecule has 0 bridgehead atoms. The molecule has 3 N–H and O–H groups in total. The summed E-state index contributed by atoms with van der Waals surface area (Å²) in [5.41, 5.74) is 8.16. The number of hydrogen-bond donors (Lipinski definition) is 2. The fraction of sp³-hybridized carbons (Fsp3) is 0.276. The van der Waals surface area contributed by atoms with Gasteiger partial charge < -0.3 is 30.0 Å². The molecule has 0 spiro atoms. The fourth-order valence-electron chi connectivity index (χ4n) is 4.26. The number of nitrogens with two attached hydrogens (primary N) is 1. The lowest BCUT2D eigenvalue weighted by atomic mass is 9.97. The summed E-state index contributed by atoms with van der Waals surface area (Å²) in [4.78, 5) is 14.7. The molecule has 1 heterocycles. The number of phenols is 1. The van der Waals surface area contributed by atoms with Crippen molar-refractivity contribution < 1.29 is 24.1 Å². The molecule has 4 rings (SSSR count). The lowest BCUT2D eigenvalue weighted by molar-refractivity contribution is -0.112. The first-order valence-corrected chi connectivity index (χ1v) is 12.0. The number of methoxy groups -OCH3 is 1. The average molecular weight is 489 g/mol. The Labute approximate surface area is 211 Å². The van der Waals surface area contributed by atoms with Crippen LogP contribution in [0.15, 0.2) is 66.7 Å². The molecular weight excluding hydrogens is 456 g/mol. The van der Waals surface area contributed by atoms with Gasteiger partial charge >= 0.3 is 0 Å². The van der Waals surface area contributed by atoms with Crippen molar-refractivity contribution >= 4 is 17.6 Å². The first-order valence-electron chi connectivity index (χ1n) is 12.0. The summed E-state index contributed by atoms with van der Waals surface area (Å²) in [6, 6.07) is 20.0. The minimum atomic E-state index is -0.580. The van der Waals surface area contributed by atoms with E-state index in [-0.39, 0.29) is 18.5 Å². The van der Waals surface area contributed by atoms with Gasteiger partial charge in [0.2, 0.25) is 5.91 Å². The Kier molecular flexibility index (Phi) is 8.13. The van der Waals surface area contributed by atoms with Gasteiger partial charge in [0.1, 0.15) is 12.7 Å². The first kappa shape index (κ1) is 25.1. The predicted octanol–water partition coefficient (Wildman–Crippen LogP) is 4.48. The van der Waals surface area contributed by atoms with Gasteiger partial charge in [0.05, 0.1) is 7.11 Å². The summed E-state index contributed by atoms with van der Waals surface area (Å²) < 4.78 is 17.6. The van der Waals surface area contributed by atoms with E-state index in [1.807, 2.05) is 48.5 Å². The molecule has 7 heteroatoms. The number of hydrogen-bond acceptors (Lipinski definition) is 6. The molecule has 0 aliphatic carbocycles. The van der Waals surface area contributed by atoms with Crippen molar-refractivity contribution in [1.82, 2.24) is 4.90 Å². The second-order valence-corrected chi connectivity index (χ2v) is 8.87. The zero-order valence-electron chi connectivity index (χ0n) is 20.6. The Morgan fingerprint density at radius 2 is 1.72 bits per heavy atom. The van der Waals surface area contributed by atoms with Crippen LogP contribution in [0.2, 0.25) is 0 Å². The molecule has 1 amide bonds. The van der Waals surface area contributed by atoms with Gasteiger partial charge in [0, 0.05) is 18.7 Å². The van der Waals surface area contributed by atoms with Crippen LogP contribution in [0.3, 0.4) is 0 Å². The van der Waals surface area contributed by atoms with E-state index in [0.29, 0.717) is 33.9 Å². The van der Waals surface area contributed by atoms with Crippen molar-refractivity contribution in [2.24, 2.45) is 5.73 Å². The van der Waals surface area contributed by atoms with Crippen LogP contribution in [-0.4, -0.2) is 49.3 Å². The van der Waals surface area contributed by atoms with Gasteiger partial charge in [-0.05, 0) is 66.9 Å². The van der Waals surface area contributed by atoms with Gasteiger partial charge in [0.15, 0.2) is 23.0 Å². The van der Waals surface area contributed by atoms with E-state index in [1.54, 1.807) is 18.2 Å². The molecule has 36 heavy (non-hydrogen) atoms. The van der Waals surface area contributed by atoms with Crippen molar-refractivity contribution in [2.45, 2.75) is 25.6 Å². The quantitative estimate of drug-likeness (QED) is 0.341. The van der Waals surface area contributed by atoms with Crippen LogP contribution in [0.5, 0.6) is 23.0 Å². The van der Waals surface area contributed by atoms with Gasteiger partial charge in [-0.15, -0.1) is 0 Å². The highest BCUT2D eigenvalue weighted by molar-refractivity contribution is 6.23. The Morgan fingerprint density at radius 1 is 1.03 bits per heavy atom. The topological polar surface area (TPSA) is 94.2 Å². The minimum Gasteiger partial charge on any atom is -0.504 e. The number of nitrogens with zero attached hydrogens (tertiary/aromatic N) is 1. The van der Waals surface area contributed by atoms with E-state index >= 15 is 0 Å². The molecule has 0 atom stereocenters. The third-order valence-electron chi connectivity index (χ3n) is 6.28. The van der Waals surface area contributed by atoms with Crippen LogP contribution in [0.4, 0.5) is 0 Å². The van der Waals surface area contributed by atoms with Crippen molar-refractivity contribution in [3.8, 4) is 23.0 Å². The smallest absolute Gasteiger partial charge is 0.249 e. The number of phenolic OH excluding ortho intramolecular Hbond substituents is 1. The molecule has 3 aromatic rings. The fourth-order valence-corrected chi connectivity index (χ4v) is 4.26. The molecule has 0 aromatic heterocycles. The van der Waals surface area contributed by atoms with Crippen molar-refractivity contribution in [2.75, 3.05) is 27.2 Å². The molecule has 1 aliphatic rings. The largest absolute Gasteiger partial charge is 0.504 e. The van der Waals surface area contributed by atoms with E-state index in [1.165, 1.54) is 13.2 Å². The van der Waals surface area contributed by atoms with Crippen molar-refractivity contribution in [3.05, 3.63) is 83.4 Å². The second-order valence-electron chi connectivity index (χ2n) is 8.87. The second kappa shape index (κ2) is 11.6. The maximum absolute atomic E-state index is 12.4. The zero-order valence-corrected chi connectivity index (χ0v) is 20.6. The van der Waals surface area contributed by atoms with Gasteiger partial charge in [-0.2, -0.15) is 0 Å². The molecule has 188 valence electrons. The summed E-state index contributed by atoms with van der Waals surface area (Å²) in [5, 5.41) is 10.1. The molecule has 0 radical (unpaired) electrons. The molecule has 0 unspecified atom stereocenters. The highest BCUT2D eigenvalue weighted by Crippen LogP contribution is 2.32. The summed E-state index contributed by atoms with van der Waals surface area (Å²) in [5.74, 6) is 1.11. The third-order valence-corrected chi connectivity index (χ3v) is 6.28. The number of benzene rings is 3. The standard InChI is InChI=1S/C29H32N2O5/c1-31-15-13-22(14-16-31)36-28-10-6-5-9-27(28)35-19-21-7-3-4-8-23(21)24(29(30)33)17-20-11-12-26(34-2)25(32)18-20/h3-12,17-18,22,32H,13-16,19H2,1-2H3,(H2,30,33)/b24-17+. The number of para-hydroxylation sites is 2. The van der Waals surface area contributed by atoms with Crippen LogP contribution in [-0.2, 0) is 11.4 Å². The van der Waals surface area contributed by atoms with E-state index < -0.39 is 5.91 Å². The van der Waals surface area contributed by atoms with Crippen LogP contribution < -0.4 is 19.9 Å². The van der Waals surface area contributed by atoms with Crippen LogP contribution >= 0.6 is 0 Å². The summed E-state index contributed by atoms with van der Waals surface area (Å²) in [6.45, 7) is 2.24. The Hall–Kier alpha value is -3.97. The van der Waals surface area contributed by atoms with Crippen LogP contribution in [0.1, 0.15) is 29.5 Å². The lowest BCUT2D eigenvalue weighted by Gasteiger charge is -2.29. The Bertz CT molecular complexity index is 1230. The van der Waals surface area contributed by atoms with Crippen LogP contribution in [0, 0.1) is 0 Å². The number of likely N-dealkylation sites (tertiary alicyclic amines) is 1. The van der Waals surface area contributed by atoms with E-state index in [2.05, 4.69) is 11.9 Å². The Morgan fingerprint density at radius 3 is 2.42 bits per heavy atom. The number of carbonyl (C=O) groups excluding carboxylic acids is 1. The van der Waals surface area contributed by atoms with E-state index in [4.69, 9.17) is 19.9 Å². The number of rotatable bonds is 9. The zero-order chi connectivity index (χ0) is 25.5. The highest BCUT2D eigenvalue weighted by Gasteiger charge is 2.20. The molecular formula is C29H32N2O5. The Balaban J connectivity index is 1.55. The predicted molar refractivity (Wildman–Crippen MR) is 140 cm³/mol. The molecule has 1 saturated heterocycles. The van der Waals surface area contributed by atoms with Gasteiger partial charge in [-0.25, -0.2) is 0 Å². The van der Waals surface area contributed by atoms with Crippen molar-refractivity contribution in [3.63, 3.8) is 0 Å². The summed E-state index contributed by atoms with van der Waals surface area (Å²) >= 11 is 0. The maximum atomic E-state index is 12.4. The number of primary amides is 1. The number of piperidine rings is 1. The molecule has 1 fully saturated rings. The van der Waals surface area contributed by atoms with E-state index in [0.717, 1.165) is 31.5 Å². The minimum absolute atomic E-state index is 0.0205. The summed E-state index contributed by atoms with van der Waals surface area (Å²) in [6.07, 6.45) is 3.75. The molecule has 7 nitrogen and oxygen atoms in total. The van der Waals surface area contributed by atoms with E-state index in [9.17, 15) is 9.90 Å². The molecule has 0 saturated carbocycles. The SMILES string of the molecule is COc1ccc(/C=C(/C(N)=O)c2ccccc2COc2ccccc2OC2CCN(C)CC2)cc1O. The monoisotopic (exact) mass is 488 g/mol. The third kappa shape index (κ3) is 6.17. The highest BCUT2D eigenvalue weighted by atomic mass is 16.5. The summed E-state index contributed by atoms with van der Waals surface area (Å²) in [7, 11) is 3.60. The average Bonchev–Trinajstić information content (AvgIpc) is 2.88. The number of aromatic hydroxyl groups is 1. The first-order chi connectivity index (χ1) is 17.4. The number of carbonyl (C=O) groups is 1. The van der Waals surface area contributed by atoms with Crippen LogP contribution in [0.25, 0.3) is 11.6 Å². The normalized spacial score (nSPS) is 14.9. The van der Waals surface area contributed by atoms with Gasteiger partial charge in [-0.3, -0.25) is 4.79 Å². The number of ether oxygens (including phenoxy) is 3. The maximum Gasteiger partial charge on any atom is 0.249 e. The molecule has 3 aromatic carbocycles. The van der Waals surface area contributed by atoms with Gasteiger partial charge in [0.25, 0.3) is 0 Å². The van der Waals surface area contributed by atoms with Gasteiger partial charge in [-0.1, -0.05) is 42.5 Å².